The van der Waals surface area contributed by atoms with Crippen molar-refractivity contribution in [1.29, 1.82) is 0 Å². The lowest BCUT2D eigenvalue weighted by Crippen LogP contribution is -2.47. The number of nitrogens with zero attached hydrogens (tertiary/aromatic N) is 1. The van der Waals surface area contributed by atoms with Crippen LogP contribution in [0.5, 0.6) is 0 Å². The quantitative estimate of drug-likeness (QED) is 0.504. The number of carbonyl (C=O) groups is 3. The minimum atomic E-state index is -1.08. The van der Waals surface area contributed by atoms with Crippen LogP contribution in [-0.2, 0) is 35.9 Å². The Morgan fingerprint density at radius 1 is 1.03 bits per heavy atom. The zero-order valence-corrected chi connectivity index (χ0v) is 23.6. The number of aliphatic carboxylic acids is 1. The van der Waals surface area contributed by atoms with E-state index in [0.29, 0.717) is 6.61 Å². The maximum absolute atomic E-state index is 13.9. The highest BCUT2D eigenvalue weighted by Crippen LogP contribution is 2.42. The van der Waals surface area contributed by atoms with Gasteiger partial charge in [0.05, 0.1) is 25.5 Å². The van der Waals surface area contributed by atoms with Crippen LogP contribution in [0.25, 0.3) is 11.1 Å². The van der Waals surface area contributed by atoms with Crippen molar-refractivity contribution in [3.05, 3.63) is 59.7 Å². The number of carboxylic acid groups (broad SMARTS) is 1. The molecule has 3 heterocycles. The summed E-state index contributed by atoms with van der Waals surface area (Å²) in [7, 11) is 1.56. The SMILES string of the molecule is CO[C@@]12C[C@@H](C(=O)O)N(C1)C(=O)[C@H](C(C)(C)C)CC(=O)OCCCCCCc1ccccc1-c1ccc2cc1. The van der Waals surface area contributed by atoms with Crippen molar-refractivity contribution < 1.29 is 29.0 Å². The van der Waals surface area contributed by atoms with Crippen LogP contribution in [0.3, 0.4) is 0 Å². The largest absolute Gasteiger partial charge is 0.480 e. The van der Waals surface area contributed by atoms with Crippen LogP contribution in [0.1, 0.15) is 70.4 Å². The van der Waals surface area contributed by atoms with E-state index in [1.807, 2.05) is 39.0 Å². The molecule has 3 aliphatic heterocycles. The van der Waals surface area contributed by atoms with Gasteiger partial charge in [0.1, 0.15) is 11.6 Å². The first-order chi connectivity index (χ1) is 18.6. The molecule has 1 saturated heterocycles. The average Bonchev–Trinajstić information content (AvgIpc) is 3.32. The maximum Gasteiger partial charge on any atom is 0.326 e. The molecule has 0 saturated carbocycles. The van der Waals surface area contributed by atoms with Gasteiger partial charge in [0, 0.05) is 13.5 Å². The third-order valence-corrected chi connectivity index (χ3v) is 8.34. The highest BCUT2D eigenvalue weighted by molar-refractivity contribution is 5.89. The molecule has 4 bridgehead atoms. The molecular weight excluding hydrogens is 494 g/mol. The lowest BCUT2D eigenvalue weighted by molar-refractivity contribution is -0.156. The Hall–Kier alpha value is -3.19. The summed E-state index contributed by atoms with van der Waals surface area (Å²) in [5.41, 5.74) is 2.84. The average molecular weight is 536 g/mol. The van der Waals surface area contributed by atoms with Gasteiger partial charge < -0.3 is 19.5 Å². The number of rotatable bonds is 2. The molecule has 0 radical (unpaired) electrons. The number of methoxy groups -OCH3 is 1. The van der Waals surface area contributed by atoms with Crippen molar-refractivity contribution in [1.82, 2.24) is 4.90 Å². The first-order valence-corrected chi connectivity index (χ1v) is 14.0. The van der Waals surface area contributed by atoms with E-state index in [0.717, 1.165) is 43.2 Å². The van der Waals surface area contributed by atoms with E-state index in [4.69, 9.17) is 9.47 Å². The zero-order valence-electron chi connectivity index (χ0n) is 23.6. The number of benzene rings is 2. The van der Waals surface area contributed by atoms with Gasteiger partial charge in [-0.1, -0.05) is 82.1 Å². The smallest absolute Gasteiger partial charge is 0.326 e. The van der Waals surface area contributed by atoms with E-state index >= 15 is 0 Å². The molecule has 5 rings (SSSR count). The zero-order chi connectivity index (χ0) is 28.2. The summed E-state index contributed by atoms with van der Waals surface area (Å²) in [5, 5.41) is 10.1. The summed E-state index contributed by atoms with van der Waals surface area (Å²) in [6.07, 6.45) is 4.81. The van der Waals surface area contributed by atoms with E-state index < -0.39 is 34.9 Å². The lowest BCUT2D eigenvalue weighted by atomic mass is 9.77. The number of esters is 1. The van der Waals surface area contributed by atoms with Gasteiger partial charge in [0.15, 0.2) is 0 Å². The normalized spacial score (nSPS) is 25.2. The molecule has 3 atom stereocenters. The van der Waals surface area contributed by atoms with Gasteiger partial charge in [-0.15, -0.1) is 0 Å². The summed E-state index contributed by atoms with van der Waals surface area (Å²) in [5.74, 6) is -2.58. The van der Waals surface area contributed by atoms with Crippen LogP contribution in [0.2, 0.25) is 0 Å². The Kier molecular flexibility index (Phi) is 8.80. The first-order valence-electron chi connectivity index (χ1n) is 14.0. The Morgan fingerprint density at radius 2 is 1.72 bits per heavy atom. The van der Waals surface area contributed by atoms with Gasteiger partial charge in [-0.05, 0) is 46.9 Å². The fourth-order valence-corrected chi connectivity index (χ4v) is 5.92. The second kappa shape index (κ2) is 11.9. The van der Waals surface area contributed by atoms with Crippen LogP contribution in [0.15, 0.2) is 48.5 Å². The summed E-state index contributed by atoms with van der Waals surface area (Å²) in [6, 6.07) is 15.4. The number of carboxylic acids is 1. The number of ether oxygens (including phenoxy) is 2. The summed E-state index contributed by atoms with van der Waals surface area (Å²) < 4.78 is 11.5. The number of aryl methyl sites for hydroxylation is 1. The number of amides is 1. The molecule has 7 nitrogen and oxygen atoms in total. The second-order valence-corrected chi connectivity index (χ2v) is 12.0. The van der Waals surface area contributed by atoms with Crippen molar-refractivity contribution in [3.63, 3.8) is 0 Å². The standard InChI is InChI=1S/C32H41NO6/c1-31(2,3)26-19-28(34)39-18-10-6-5-7-11-22-12-8-9-13-25(22)23-14-16-24(17-15-23)32(38-4)20-27(30(36)37)33(21-32)29(26)35/h8-9,12-17,26-27H,5-7,10-11,18-21H2,1-4H3,(H,36,37)/t26-,27+,32+/m1/s1. The predicted octanol–water partition coefficient (Wildman–Crippen LogP) is 5.59. The van der Waals surface area contributed by atoms with E-state index in [1.54, 1.807) is 7.11 Å². The van der Waals surface area contributed by atoms with Crippen LogP contribution >= 0.6 is 0 Å². The Morgan fingerprint density at radius 3 is 2.38 bits per heavy atom. The van der Waals surface area contributed by atoms with E-state index in [1.165, 1.54) is 16.0 Å². The van der Waals surface area contributed by atoms with E-state index in [9.17, 15) is 19.5 Å². The highest BCUT2D eigenvalue weighted by atomic mass is 16.5. The molecule has 39 heavy (non-hydrogen) atoms. The van der Waals surface area contributed by atoms with Gasteiger partial charge >= 0.3 is 11.9 Å². The van der Waals surface area contributed by atoms with E-state index in [-0.39, 0.29) is 25.3 Å². The van der Waals surface area contributed by atoms with Crippen LogP contribution in [0, 0.1) is 11.3 Å². The molecule has 7 heteroatoms. The van der Waals surface area contributed by atoms with Gasteiger partial charge in [-0.25, -0.2) is 4.79 Å². The van der Waals surface area contributed by atoms with Gasteiger partial charge in [-0.2, -0.15) is 0 Å². The molecule has 3 aliphatic rings. The molecule has 2 aromatic rings. The molecule has 1 amide bonds. The molecule has 210 valence electrons. The highest BCUT2D eigenvalue weighted by Gasteiger charge is 2.52. The topological polar surface area (TPSA) is 93.1 Å². The third kappa shape index (κ3) is 6.35. The second-order valence-electron chi connectivity index (χ2n) is 12.0. The van der Waals surface area contributed by atoms with Crippen molar-refractivity contribution in [2.24, 2.45) is 11.3 Å². The predicted molar refractivity (Wildman–Crippen MR) is 149 cm³/mol. The first kappa shape index (κ1) is 28.8. The van der Waals surface area contributed by atoms with Gasteiger partial charge in [0.2, 0.25) is 5.91 Å². The molecule has 0 aliphatic carbocycles. The van der Waals surface area contributed by atoms with Crippen LogP contribution < -0.4 is 0 Å². The molecule has 1 N–H and O–H groups in total. The van der Waals surface area contributed by atoms with E-state index in [2.05, 4.69) is 30.3 Å². The third-order valence-electron chi connectivity index (χ3n) is 8.34. The van der Waals surface area contributed by atoms with Crippen molar-refractivity contribution in [2.75, 3.05) is 20.3 Å². The van der Waals surface area contributed by atoms with Crippen molar-refractivity contribution >= 4 is 17.8 Å². The number of carbonyl (C=O) groups excluding carboxylic acids is 2. The van der Waals surface area contributed by atoms with Crippen molar-refractivity contribution in [2.45, 2.75) is 77.4 Å². The Balaban J connectivity index is 1.74. The fourth-order valence-electron chi connectivity index (χ4n) is 5.92. The minimum absolute atomic E-state index is 0.0867. The minimum Gasteiger partial charge on any atom is -0.480 e. The summed E-state index contributed by atoms with van der Waals surface area (Å²) >= 11 is 0. The summed E-state index contributed by atoms with van der Waals surface area (Å²) in [4.78, 5) is 40.5. The molecule has 0 unspecified atom stereocenters. The maximum atomic E-state index is 13.9. The number of hydrogen-bond donors (Lipinski definition) is 1. The van der Waals surface area contributed by atoms with Crippen LogP contribution in [-0.4, -0.2) is 54.2 Å². The number of hydrogen-bond acceptors (Lipinski definition) is 5. The van der Waals surface area contributed by atoms with Gasteiger partial charge in [-0.3, -0.25) is 9.59 Å². The molecule has 0 aromatic heterocycles. The molecule has 1 fully saturated rings. The number of fused-ring (bicyclic) bond motifs is 12. The van der Waals surface area contributed by atoms with Crippen molar-refractivity contribution in [3.8, 4) is 11.1 Å². The fraction of sp³-hybridized carbons (Fsp3) is 0.531. The molecular formula is C32H41NO6. The molecule has 0 spiro atoms. The molecule has 2 aromatic carbocycles. The Bertz CT molecular complexity index is 1180. The van der Waals surface area contributed by atoms with Crippen LogP contribution in [0.4, 0.5) is 0 Å². The van der Waals surface area contributed by atoms with Gasteiger partial charge in [0.25, 0.3) is 0 Å². The monoisotopic (exact) mass is 535 g/mol. The lowest BCUT2D eigenvalue weighted by Gasteiger charge is -2.34. The Labute approximate surface area is 231 Å². The summed E-state index contributed by atoms with van der Waals surface area (Å²) in [6.45, 7) is 6.10.